The molecule has 0 radical (unpaired) electrons. The second kappa shape index (κ2) is 9.38. The Hall–Kier alpha value is -1.75. The fraction of sp³-hybridized carbons (Fsp3) is 0.435. The molecule has 156 valence electrons. The molecular weight excluding hydrogens is 407 g/mol. The molecule has 1 saturated heterocycles. The lowest BCUT2D eigenvalue weighted by molar-refractivity contribution is -0.130. The summed E-state index contributed by atoms with van der Waals surface area (Å²) in [5.41, 5.74) is 2.29. The predicted molar refractivity (Wildman–Crippen MR) is 118 cm³/mol. The summed E-state index contributed by atoms with van der Waals surface area (Å²) in [5, 5.41) is 4.12. The van der Waals surface area contributed by atoms with Crippen molar-refractivity contribution in [3.8, 4) is 5.75 Å². The maximum atomic E-state index is 12.2. The lowest BCUT2D eigenvalue weighted by Gasteiger charge is -2.38. The predicted octanol–water partition coefficient (Wildman–Crippen LogP) is 5.17. The Kier molecular flexibility index (Phi) is 7.10. The number of carbonyl (C=O) groups excluding carboxylic acids is 1. The molecule has 2 aromatic rings. The highest BCUT2D eigenvalue weighted by Gasteiger charge is 2.32. The Balaban J connectivity index is 1.41. The zero-order valence-corrected chi connectivity index (χ0v) is 18.7. The van der Waals surface area contributed by atoms with Gasteiger partial charge in [-0.05, 0) is 40.8 Å². The molecule has 1 N–H and O–H groups in total. The molecule has 0 bridgehead atoms. The first kappa shape index (κ1) is 21.9. The monoisotopic (exact) mass is 434 g/mol. The first-order valence-electron chi connectivity index (χ1n) is 9.85. The number of hydrogen-bond donors (Lipinski definition) is 1. The topological polar surface area (TPSA) is 41.6 Å². The van der Waals surface area contributed by atoms with Gasteiger partial charge in [-0.15, -0.1) is 0 Å². The molecule has 1 heterocycles. The van der Waals surface area contributed by atoms with Crippen molar-refractivity contribution in [3.05, 3.63) is 63.6 Å². The van der Waals surface area contributed by atoms with Gasteiger partial charge in [0.15, 0.2) is 0 Å². The van der Waals surface area contributed by atoms with Crippen LogP contribution >= 0.6 is 23.2 Å². The number of hydrogen-bond acceptors (Lipinski definition) is 3. The van der Waals surface area contributed by atoms with Gasteiger partial charge in [0.25, 0.3) is 0 Å². The number of nitrogens with zero attached hydrogens (tertiary/aromatic N) is 1. The fourth-order valence-corrected chi connectivity index (χ4v) is 3.43. The standard InChI is InChI=1S/C23H28Cl2N2O2/c1-23(2,3)15-26-22(28)18-12-27(13-18)11-16-4-7-19(8-5-16)29-14-17-6-9-20(24)21(25)10-17/h4-10,18H,11-15H2,1-3H3,(H,26,28). The number of benzene rings is 2. The van der Waals surface area contributed by atoms with E-state index in [2.05, 4.69) is 43.1 Å². The van der Waals surface area contributed by atoms with Crippen molar-refractivity contribution >= 4 is 29.1 Å². The van der Waals surface area contributed by atoms with Gasteiger partial charge in [-0.3, -0.25) is 9.69 Å². The smallest absolute Gasteiger partial charge is 0.225 e. The molecule has 0 atom stereocenters. The highest BCUT2D eigenvalue weighted by Crippen LogP contribution is 2.24. The van der Waals surface area contributed by atoms with Crippen molar-refractivity contribution in [1.82, 2.24) is 10.2 Å². The van der Waals surface area contributed by atoms with Crippen molar-refractivity contribution < 1.29 is 9.53 Å². The van der Waals surface area contributed by atoms with Crippen molar-refractivity contribution in [2.24, 2.45) is 11.3 Å². The van der Waals surface area contributed by atoms with Crippen molar-refractivity contribution in [3.63, 3.8) is 0 Å². The van der Waals surface area contributed by atoms with Crippen LogP contribution < -0.4 is 10.1 Å². The molecule has 6 heteroatoms. The van der Waals surface area contributed by atoms with Gasteiger partial charge in [0.1, 0.15) is 12.4 Å². The quantitative estimate of drug-likeness (QED) is 0.653. The number of halogens is 2. The zero-order valence-electron chi connectivity index (χ0n) is 17.2. The SMILES string of the molecule is CC(C)(C)CNC(=O)C1CN(Cc2ccc(OCc3ccc(Cl)c(Cl)c3)cc2)C1. The average molecular weight is 435 g/mol. The summed E-state index contributed by atoms with van der Waals surface area (Å²) in [6.45, 7) is 9.99. The van der Waals surface area contributed by atoms with E-state index in [0.29, 0.717) is 23.2 Å². The minimum atomic E-state index is 0.103. The second-order valence-electron chi connectivity index (χ2n) is 8.85. The number of ether oxygens (including phenoxy) is 1. The number of likely N-dealkylation sites (tertiary alicyclic amines) is 1. The number of rotatable bonds is 7. The van der Waals surface area contributed by atoms with E-state index in [1.165, 1.54) is 5.56 Å². The Morgan fingerprint density at radius 3 is 2.34 bits per heavy atom. The Bertz CT molecular complexity index is 841. The molecular formula is C23H28Cl2N2O2. The second-order valence-corrected chi connectivity index (χ2v) is 9.66. The molecule has 29 heavy (non-hydrogen) atoms. The van der Waals surface area contributed by atoms with E-state index in [1.54, 1.807) is 6.07 Å². The summed E-state index contributed by atoms with van der Waals surface area (Å²) in [6, 6.07) is 13.6. The third-order valence-corrected chi connectivity index (χ3v) is 5.58. The molecule has 1 amide bonds. The van der Waals surface area contributed by atoms with Gasteiger partial charge in [0, 0.05) is 26.2 Å². The maximum absolute atomic E-state index is 12.2. The molecule has 0 saturated carbocycles. The normalized spacial score (nSPS) is 15.1. The van der Waals surface area contributed by atoms with Crippen LogP contribution in [0.3, 0.4) is 0 Å². The van der Waals surface area contributed by atoms with Gasteiger partial charge in [0.2, 0.25) is 5.91 Å². The number of amides is 1. The lowest BCUT2D eigenvalue weighted by Crippen LogP contribution is -2.53. The van der Waals surface area contributed by atoms with Crippen LogP contribution in [-0.2, 0) is 17.9 Å². The summed E-state index contributed by atoms with van der Waals surface area (Å²) >= 11 is 12.0. The van der Waals surface area contributed by atoms with E-state index in [-0.39, 0.29) is 17.2 Å². The summed E-state index contributed by atoms with van der Waals surface area (Å²) in [7, 11) is 0. The van der Waals surface area contributed by atoms with Gasteiger partial charge < -0.3 is 10.1 Å². The highest BCUT2D eigenvalue weighted by atomic mass is 35.5. The van der Waals surface area contributed by atoms with Crippen LogP contribution in [0.2, 0.25) is 10.0 Å². The van der Waals surface area contributed by atoms with E-state index >= 15 is 0 Å². The third kappa shape index (κ3) is 6.63. The largest absolute Gasteiger partial charge is 0.489 e. The fourth-order valence-electron chi connectivity index (χ4n) is 3.11. The maximum Gasteiger partial charge on any atom is 0.225 e. The highest BCUT2D eigenvalue weighted by molar-refractivity contribution is 6.42. The Morgan fingerprint density at radius 1 is 1.07 bits per heavy atom. The molecule has 1 fully saturated rings. The molecule has 1 aliphatic rings. The van der Waals surface area contributed by atoms with E-state index in [9.17, 15) is 4.79 Å². The van der Waals surface area contributed by atoms with Gasteiger partial charge in [0.05, 0.1) is 16.0 Å². The van der Waals surface area contributed by atoms with Crippen molar-refractivity contribution in [2.45, 2.75) is 33.9 Å². The van der Waals surface area contributed by atoms with Gasteiger partial charge in [-0.2, -0.15) is 0 Å². The first-order valence-corrected chi connectivity index (χ1v) is 10.6. The van der Waals surface area contributed by atoms with E-state index in [1.807, 2.05) is 24.3 Å². The van der Waals surface area contributed by atoms with Crippen LogP contribution in [0.5, 0.6) is 5.75 Å². The average Bonchev–Trinajstić information content (AvgIpc) is 2.64. The van der Waals surface area contributed by atoms with Gasteiger partial charge in [-0.1, -0.05) is 62.2 Å². The van der Waals surface area contributed by atoms with E-state index in [4.69, 9.17) is 27.9 Å². The van der Waals surface area contributed by atoms with E-state index < -0.39 is 0 Å². The molecule has 1 aliphatic heterocycles. The van der Waals surface area contributed by atoms with Crippen molar-refractivity contribution in [2.75, 3.05) is 19.6 Å². The Morgan fingerprint density at radius 2 is 1.72 bits per heavy atom. The summed E-state index contributed by atoms with van der Waals surface area (Å²) < 4.78 is 5.82. The summed E-state index contributed by atoms with van der Waals surface area (Å²) in [6.07, 6.45) is 0. The first-order chi connectivity index (χ1) is 13.7. The molecule has 0 aromatic heterocycles. The number of nitrogens with one attached hydrogen (secondary N) is 1. The van der Waals surface area contributed by atoms with Gasteiger partial charge >= 0.3 is 0 Å². The minimum absolute atomic E-state index is 0.103. The van der Waals surface area contributed by atoms with Crippen LogP contribution in [0.4, 0.5) is 0 Å². The van der Waals surface area contributed by atoms with E-state index in [0.717, 1.165) is 30.9 Å². The molecule has 3 rings (SSSR count). The molecule has 4 nitrogen and oxygen atoms in total. The minimum Gasteiger partial charge on any atom is -0.489 e. The lowest BCUT2D eigenvalue weighted by atomic mass is 9.94. The van der Waals surface area contributed by atoms with Crippen LogP contribution in [0.15, 0.2) is 42.5 Å². The van der Waals surface area contributed by atoms with Gasteiger partial charge in [-0.25, -0.2) is 0 Å². The molecule has 0 aliphatic carbocycles. The molecule has 0 unspecified atom stereocenters. The van der Waals surface area contributed by atoms with Crippen LogP contribution in [-0.4, -0.2) is 30.4 Å². The summed E-state index contributed by atoms with van der Waals surface area (Å²) in [4.78, 5) is 14.5. The van der Waals surface area contributed by atoms with Crippen LogP contribution in [0, 0.1) is 11.3 Å². The Labute approximate surface area is 183 Å². The third-order valence-electron chi connectivity index (χ3n) is 4.84. The zero-order chi connectivity index (χ0) is 21.0. The van der Waals surface area contributed by atoms with Crippen LogP contribution in [0.1, 0.15) is 31.9 Å². The molecule has 2 aromatic carbocycles. The molecule has 0 spiro atoms. The number of carbonyl (C=O) groups is 1. The van der Waals surface area contributed by atoms with Crippen LogP contribution in [0.25, 0.3) is 0 Å². The van der Waals surface area contributed by atoms with Crippen molar-refractivity contribution in [1.29, 1.82) is 0 Å². The summed E-state index contributed by atoms with van der Waals surface area (Å²) in [5.74, 6) is 1.08.